The third-order valence-electron chi connectivity index (χ3n) is 3.82. The van der Waals surface area contributed by atoms with E-state index in [4.69, 9.17) is 15.2 Å². The van der Waals surface area contributed by atoms with Gasteiger partial charge in [-0.1, -0.05) is 30.3 Å². The van der Waals surface area contributed by atoms with Gasteiger partial charge in [-0.25, -0.2) is 4.79 Å². The predicted octanol–water partition coefficient (Wildman–Crippen LogP) is 0.406. The summed E-state index contributed by atoms with van der Waals surface area (Å²) in [5, 5.41) is 2.34. The van der Waals surface area contributed by atoms with E-state index in [1.165, 1.54) is 0 Å². The van der Waals surface area contributed by atoms with E-state index in [0.717, 1.165) is 18.4 Å². The average Bonchev–Trinajstić information content (AvgIpc) is 3.07. The molecule has 1 aromatic rings. The molecule has 1 atom stereocenters. The van der Waals surface area contributed by atoms with Gasteiger partial charge in [-0.05, 0) is 18.4 Å². The second-order valence-corrected chi connectivity index (χ2v) is 5.79. The number of likely N-dealkylation sites (tertiary alicyclic amines) is 1. The minimum absolute atomic E-state index is 0.118. The number of nitrogens with one attached hydrogen (secondary N) is 1. The van der Waals surface area contributed by atoms with Gasteiger partial charge >= 0.3 is 6.09 Å². The Labute approximate surface area is 146 Å². The summed E-state index contributed by atoms with van der Waals surface area (Å²) < 4.78 is 10.7. The van der Waals surface area contributed by atoms with Crippen LogP contribution in [-0.2, 0) is 25.7 Å². The first kappa shape index (κ1) is 18.7. The number of hydrogen-bond acceptors (Lipinski definition) is 5. The Balaban J connectivity index is 1.71. The van der Waals surface area contributed by atoms with E-state index in [9.17, 15) is 14.4 Å². The van der Waals surface area contributed by atoms with Gasteiger partial charge in [0.1, 0.15) is 13.2 Å². The third-order valence-corrected chi connectivity index (χ3v) is 3.82. The summed E-state index contributed by atoms with van der Waals surface area (Å²) in [6, 6.07) is 9.34. The van der Waals surface area contributed by atoms with Crippen molar-refractivity contribution in [3.05, 3.63) is 35.9 Å². The summed E-state index contributed by atoms with van der Waals surface area (Å²) in [7, 11) is 0. The molecular weight excluding hydrogens is 326 g/mol. The van der Waals surface area contributed by atoms with E-state index in [1.54, 1.807) is 4.90 Å². The van der Waals surface area contributed by atoms with Gasteiger partial charge in [-0.15, -0.1) is 0 Å². The first-order valence-electron chi connectivity index (χ1n) is 8.16. The van der Waals surface area contributed by atoms with Crippen molar-refractivity contribution in [2.75, 3.05) is 26.3 Å². The number of amides is 3. The Hall–Kier alpha value is -2.61. The molecule has 0 radical (unpaired) electrons. The van der Waals surface area contributed by atoms with Gasteiger partial charge in [0.25, 0.3) is 0 Å². The van der Waals surface area contributed by atoms with Gasteiger partial charge in [0.15, 0.2) is 0 Å². The van der Waals surface area contributed by atoms with Gasteiger partial charge in [-0.2, -0.15) is 0 Å². The Morgan fingerprint density at radius 1 is 1.24 bits per heavy atom. The topological polar surface area (TPSA) is 111 Å². The minimum atomic E-state index is -0.614. The molecule has 1 unspecified atom stereocenters. The number of benzene rings is 1. The summed E-state index contributed by atoms with van der Waals surface area (Å²) in [5.41, 5.74) is 5.86. The summed E-state index contributed by atoms with van der Waals surface area (Å²) in [5.74, 6) is -1.04. The van der Waals surface area contributed by atoms with Gasteiger partial charge < -0.3 is 25.4 Å². The fourth-order valence-corrected chi connectivity index (χ4v) is 2.58. The summed E-state index contributed by atoms with van der Waals surface area (Å²) in [6.07, 6.45) is 1.28. The summed E-state index contributed by atoms with van der Waals surface area (Å²) in [6.45, 7) is 0.666. The molecule has 8 nitrogen and oxygen atoms in total. The third kappa shape index (κ3) is 6.42. The van der Waals surface area contributed by atoms with Crippen LogP contribution < -0.4 is 11.1 Å². The molecule has 1 saturated heterocycles. The fraction of sp³-hybridized carbons (Fsp3) is 0.471. The van der Waals surface area contributed by atoms with Crippen molar-refractivity contribution >= 4 is 17.9 Å². The zero-order valence-corrected chi connectivity index (χ0v) is 14.0. The number of hydrogen-bond donors (Lipinski definition) is 2. The number of primary amides is 1. The van der Waals surface area contributed by atoms with E-state index in [1.807, 2.05) is 30.3 Å². The summed E-state index contributed by atoms with van der Waals surface area (Å²) >= 11 is 0. The molecule has 1 aromatic carbocycles. The normalized spacial score (nSPS) is 16.5. The molecule has 0 saturated carbocycles. The van der Waals surface area contributed by atoms with E-state index in [0.29, 0.717) is 6.54 Å². The molecule has 25 heavy (non-hydrogen) atoms. The number of nitrogens with zero attached hydrogens (tertiary/aromatic N) is 1. The molecule has 136 valence electrons. The highest BCUT2D eigenvalue weighted by molar-refractivity contribution is 5.84. The molecule has 2 rings (SSSR count). The standard InChI is InChI=1S/C17H23N3O5/c18-15(21)9-19-16(22)12-24-11-14-7-4-8-20(14)17(23)25-10-13-5-2-1-3-6-13/h1-3,5-6,14H,4,7-12H2,(H2,18,21)(H,19,22). The molecule has 0 bridgehead atoms. The summed E-state index contributed by atoms with van der Waals surface area (Å²) in [4.78, 5) is 35.9. The van der Waals surface area contributed by atoms with Crippen molar-refractivity contribution in [3.63, 3.8) is 0 Å². The molecular formula is C17H23N3O5. The van der Waals surface area contributed by atoms with Crippen molar-refractivity contribution < 1.29 is 23.9 Å². The molecule has 0 aliphatic carbocycles. The van der Waals surface area contributed by atoms with Gasteiger partial charge in [0, 0.05) is 6.54 Å². The van der Waals surface area contributed by atoms with Crippen LogP contribution in [0.25, 0.3) is 0 Å². The highest BCUT2D eigenvalue weighted by atomic mass is 16.6. The van der Waals surface area contributed by atoms with Crippen LogP contribution in [0.1, 0.15) is 18.4 Å². The van der Waals surface area contributed by atoms with Crippen LogP contribution in [-0.4, -0.2) is 55.2 Å². The first-order valence-corrected chi connectivity index (χ1v) is 8.16. The largest absolute Gasteiger partial charge is 0.445 e. The molecule has 1 aliphatic rings. The maximum atomic E-state index is 12.2. The van der Waals surface area contributed by atoms with Crippen molar-refractivity contribution in [1.82, 2.24) is 10.2 Å². The second kappa shape index (κ2) is 9.63. The van der Waals surface area contributed by atoms with Gasteiger partial charge in [-0.3, -0.25) is 9.59 Å². The van der Waals surface area contributed by atoms with Crippen molar-refractivity contribution in [2.45, 2.75) is 25.5 Å². The number of carbonyl (C=O) groups excluding carboxylic acids is 3. The minimum Gasteiger partial charge on any atom is -0.445 e. The Morgan fingerprint density at radius 2 is 2.00 bits per heavy atom. The van der Waals surface area contributed by atoms with Gasteiger partial charge in [0.05, 0.1) is 19.2 Å². The van der Waals surface area contributed by atoms with E-state index in [-0.39, 0.29) is 38.5 Å². The van der Waals surface area contributed by atoms with Crippen LogP contribution in [0.4, 0.5) is 4.79 Å². The molecule has 0 spiro atoms. The molecule has 3 N–H and O–H groups in total. The molecule has 1 fully saturated rings. The predicted molar refractivity (Wildman–Crippen MR) is 89.4 cm³/mol. The van der Waals surface area contributed by atoms with Crippen LogP contribution in [0, 0.1) is 0 Å². The Bertz CT molecular complexity index is 593. The lowest BCUT2D eigenvalue weighted by molar-refractivity contribution is -0.128. The quantitative estimate of drug-likeness (QED) is 0.706. The maximum Gasteiger partial charge on any atom is 0.410 e. The number of nitrogens with two attached hydrogens (primary N) is 1. The first-order chi connectivity index (χ1) is 12.1. The van der Waals surface area contributed by atoms with Crippen molar-refractivity contribution in [3.8, 4) is 0 Å². The fourth-order valence-electron chi connectivity index (χ4n) is 2.58. The van der Waals surface area contributed by atoms with Crippen molar-refractivity contribution in [1.29, 1.82) is 0 Å². The molecule has 1 heterocycles. The average molecular weight is 349 g/mol. The molecule has 8 heteroatoms. The van der Waals surface area contributed by atoms with E-state index >= 15 is 0 Å². The Kier molecular flexibility index (Phi) is 7.21. The zero-order valence-electron chi connectivity index (χ0n) is 14.0. The lowest BCUT2D eigenvalue weighted by Gasteiger charge is -2.23. The maximum absolute atomic E-state index is 12.2. The van der Waals surface area contributed by atoms with Crippen molar-refractivity contribution in [2.24, 2.45) is 5.73 Å². The number of carbonyl (C=O) groups is 3. The monoisotopic (exact) mass is 349 g/mol. The van der Waals surface area contributed by atoms with Gasteiger partial charge in [0.2, 0.25) is 11.8 Å². The highest BCUT2D eigenvalue weighted by Gasteiger charge is 2.30. The highest BCUT2D eigenvalue weighted by Crippen LogP contribution is 2.19. The molecule has 0 aromatic heterocycles. The Morgan fingerprint density at radius 3 is 2.72 bits per heavy atom. The van der Waals surface area contributed by atoms with E-state index in [2.05, 4.69) is 5.32 Å². The van der Waals surface area contributed by atoms with Crippen LogP contribution in [0.15, 0.2) is 30.3 Å². The van der Waals surface area contributed by atoms with E-state index < -0.39 is 11.8 Å². The molecule has 1 aliphatic heterocycles. The zero-order chi connectivity index (χ0) is 18.1. The van der Waals surface area contributed by atoms with Crippen LogP contribution in [0.3, 0.4) is 0 Å². The number of ether oxygens (including phenoxy) is 2. The molecule has 3 amide bonds. The SMILES string of the molecule is NC(=O)CNC(=O)COCC1CCCN1C(=O)OCc1ccccc1. The lowest BCUT2D eigenvalue weighted by atomic mass is 10.2. The number of rotatable bonds is 8. The lowest BCUT2D eigenvalue weighted by Crippen LogP contribution is -2.40. The van der Waals surface area contributed by atoms with Crippen LogP contribution in [0.2, 0.25) is 0 Å². The van der Waals surface area contributed by atoms with Crippen LogP contribution >= 0.6 is 0 Å². The van der Waals surface area contributed by atoms with Crippen LogP contribution in [0.5, 0.6) is 0 Å². The smallest absolute Gasteiger partial charge is 0.410 e. The second-order valence-electron chi connectivity index (χ2n) is 5.79.